The van der Waals surface area contributed by atoms with E-state index in [1.54, 1.807) is 0 Å². The number of nitrogens with zero attached hydrogens (tertiary/aromatic N) is 1. The van der Waals surface area contributed by atoms with Crippen molar-refractivity contribution >= 4 is 19.7 Å². The SMILES string of the molecule is CCCCC/C=C\C/C=C\CCCCCCCCCCCCCCCC(=O)OC(/C=C/CCCCCCCCCCCC)C(COP(=O)([O-])OCC[N+](C)(C)C)NC(=O)CCCCCCCCCCCCCCCCCCCCCCCCC. The van der Waals surface area contributed by atoms with Gasteiger partial charge in [0.2, 0.25) is 5.91 Å². The van der Waals surface area contributed by atoms with Gasteiger partial charge in [-0.3, -0.25) is 14.2 Å². The van der Waals surface area contributed by atoms with Crippen molar-refractivity contribution < 1.29 is 37.3 Å². The Bertz CT molecular complexity index is 1530. The number of allylic oxidation sites excluding steroid dienone is 5. The Hall–Kier alpha value is -1.77. The molecule has 0 aliphatic carbocycles. The topological polar surface area (TPSA) is 114 Å². The van der Waals surface area contributed by atoms with Crippen LogP contribution in [0, 0.1) is 0 Å². The van der Waals surface area contributed by atoms with Crippen LogP contribution in [0.15, 0.2) is 36.5 Å². The van der Waals surface area contributed by atoms with E-state index >= 15 is 0 Å². The summed E-state index contributed by atoms with van der Waals surface area (Å²) >= 11 is 0. The summed E-state index contributed by atoms with van der Waals surface area (Å²) in [7, 11) is 1.20. The van der Waals surface area contributed by atoms with Gasteiger partial charge >= 0.3 is 5.97 Å². The first kappa shape index (κ1) is 82.2. The second kappa shape index (κ2) is 64.2. The minimum atomic E-state index is -4.70. The van der Waals surface area contributed by atoms with E-state index in [0.717, 1.165) is 64.2 Å². The van der Waals surface area contributed by atoms with Crippen LogP contribution in [-0.2, 0) is 27.9 Å². The maximum atomic E-state index is 13.6. The fourth-order valence-electron chi connectivity index (χ4n) is 11.1. The molecule has 0 aliphatic rings. The third-order valence-electron chi connectivity index (χ3n) is 16.8. The Morgan fingerprint density at radius 3 is 1.10 bits per heavy atom. The zero-order valence-corrected chi connectivity index (χ0v) is 57.8. The lowest BCUT2D eigenvalue weighted by Gasteiger charge is -2.30. The Kier molecular flexibility index (Phi) is 62.9. The summed E-state index contributed by atoms with van der Waals surface area (Å²) in [5.74, 6) is -0.520. The summed E-state index contributed by atoms with van der Waals surface area (Å²) in [6.45, 7) is 6.89. The van der Waals surface area contributed by atoms with E-state index < -0.39 is 20.0 Å². The molecule has 1 N–H and O–H groups in total. The summed E-state index contributed by atoms with van der Waals surface area (Å²) in [5, 5.41) is 3.05. The molecule has 3 unspecified atom stereocenters. The fourth-order valence-corrected chi connectivity index (χ4v) is 11.9. The van der Waals surface area contributed by atoms with Crippen molar-refractivity contribution in [1.82, 2.24) is 5.32 Å². The zero-order valence-electron chi connectivity index (χ0n) is 56.9. The third kappa shape index (κ3) is 64.7. The van der Waals surface area contributed by atoms with Gasteiger partial charge in [0, 0.05) is 12.8 Å². The maximum Gasteiger partial charge on any atom is 0.306 e. The number of carbonyl (C=O) groups is 2. The fraction of sp³-hybridized carbons (Fsp3) is 0.892. The second-order valence-electron chi connectivity index (χ2n) is 26.5. The zero-order chi connectivity index (χ0) is 61.4. The van der Waals surface area contributed by atoms with Gasteiger partial charge in [-0.15, -0.1) is 0 Å². The number of unbranched alkanes of at least 4 members (excludes halogenated alkanes) is 48. The molecule has 10 heteroatoms. The normalized spacial score (nSPS) is 13.7. The Morgan fingerprint density at radius 1 is 0.417 bits per heavy atom. The Balaban J connectivity index is 5.00. The van der Waals surface area contributed by atoms with Crippen molar-refractivity contribution in [2.24, 2.45) is 0 Å². The van der Waals surface area contributed by atoms with Gasteiger partial charge < -0.3 is 28.5 Å². The molecule has 0 radical (unpaired) electrons. The minimum absolute atomic E-state index is 0.0191. The lowest BCUT2D eigenvalue weighted by molar-refractivity contribution is -0.870. The van der Waals surface area contributed by atoms with Crippen molar-refractivity contribution in [2.45, 2.75) is 386 Å². The van der Waals surface area contributed by atoms with E-state index in [-0.39, 0.29) is 31.5 Å². The van der Waals surface area contributed by atoms with E-state index in [2.05, 4.69) is 50.4 Å². The van der Waals surface area contributed by atoms with Gasteiger partial charge in [0.15, 0.2) is 0 Å². The average molecular weight is 1200 g/mol. The number of carbonyl (C=O) groups excluding carboxylic acids is 2. The molecule has 0 saturated carbocycles. The number of amides is 1. The quantitative estimate of drug-likeness (QED) is 0.0212. The van der Waals surface area contributed by atoms with Gasteiger partial charge in [0.25, 0.3) is 7.82 Å². The molecule has 0 aromatic rings. The van der Waals surface area contributed by atoms with Crippen LogP contribution < -0.4 is 10.2 Å². The van der Waals surface area contributed by atoms with E-state index in [1.165, 1.54) is 276 Å². The van der Waals surface area contributed by atoms with Gasteiger partial charge in [-0.05, 0) is 63.9 Å². The van der Waals surface area contributed by atoms with Crippen molar-refractivity contribution in [3.63, 3.8) is 0 Å². The molecule has 0 fully saturated rings. The van der Waals surface area contributed by atoms with Crippen LogP contribution in [0.5, 0.6) is 0 Å². The molecule has 1 amide bonds. The number of phosphoric acid groups is 1. The average Bonchev–Trinajstić information content (AvgIpc) is 3.65. The van der Waals surface area contributed by atoms with Gasteiger partial charge in [0.05, 0.1) is 33.8 Å². The highest BCUT2D eigenvalue weighted by molar-refractivity contribution is 7.45. The number of phosphoric ester groups is 1. The van der Waals surface area contributed by atoms with Crippen molar-refractivity contribution in [3.8, 4) is 0 Å². The van der Waals surface area contributed by atoms with Gasteiger partial charge in [0.1, 0.15) is 19.3 Å². The second-order valence-corrected chi connectivity index (χ2v) is 27.9. The van der Waals surface area contributed by atoms with E-state index in [9.17, 15) is 19.0 Å². The van der Waals surface area contributed by atoms with Crippen LogP contribution in [0.3, 0.4) is 0 Å². The van der Waals surface area contributed by atoms with Crippen molar-refractivity contribution in [2.75, 3.05) is 40.9 Å². The first-order chi connectivity index (χ1) is 40.9. The first-order valence-corrected chi connectivity index (χ1v) is 38.3. The number of hydrogen-bond donors (Lipinski definition) is 1. The van der Waals surface area contributed by atoms with E-state index in [1.807, 2.05) is 33.3 Å². The largest absolute Gasteiger partial charge is 0.756 e. The summed E-state index contributed by atoms with van der Waals surface area (Å²) in [4.78, 5) is 40.2. The highest BCUT2D eigenvalue weighted by atomic mass is 31.2. The molecule has 84 heavy (non-hydrogen) atoms. The van der Waals surface area contributed by atoms with E-state index in [4.69, 9.17) is 13.8 Å². The Morgan fingerprint density at radius 2 is 0.726 bits per heavy atom. The molecular weight excluding hydrogens is 1060 g/mol. The molecular formula is C74H143N2O7P. The van der Waals surface area contributed by atoms with Gasteiger partial charge in [-0.2, -0.15) is 0 Å². The van der Waals surface area contributed by atoms with Crippen LogP contribution in [0.1, 0.15) is 374 Å². The molecule has 0 saturated heterocycles. The number of nitrogens with one attached hydrogen (secondary N) is 1. The molecule has 0 bridgehead atoms. The third-order valence-corrected chi connectivity index (χ3v) is 17.8. The van der Waals surface area contributed by atoms with Crippen LogP contribution in [0.4, 0.5) is 0 Å². The van der Waals surface area contributed by atoms with Crippen molar-refractivity contribution in [3.05, 3.63) is 36.5 Å². The smallest absolute Gasteiger partial charge is 0.306 e. The molecule has 496 valence electrons. The number of quaternary nitrogens is 1. The predicted octanol–water partition coefficient (Wildman–Crippen LogP) is 22.8. The predicted molar refractivity (Wildman–Crippen MR) is 363 cm³/mol. The molecule has 0 aromatic carbocycles. The van der Waals surface area contributed by atoms with Crippen LogP contribution in [-0.4, -0.2) is 69.4 Å². The van der Waals surface area contributed by atoms with Crippen LogP contribution in [0.2, 0.25) is 0 Å². The lowest BCUT2D eigenvalue weighted by Crippen LogP contribution is -2.47. The molecule has 0 aromatic heterocycles. The number of hydrogen-bond acceptors (Lipinski definition) is 7. The van der Waals surface area contributed by atoms with Gasteiger partial charge in [-0.1, -0.05) is 334 Å². The standard InChI is InChI=1S/C74H143N2O7P/c1-7-10-13-16-19-22-25-28-30-32-34-36-38-40-42-44-46-48-51-54-57-60-63-66-73(77)75-71(70-82-84(79,80)81-69-68-76(4,5)6)72(65-62-59-56-53-50-27-24-21-18-15-12-9-3)83-74(78)67-64-61-58-55-52-49-47-45-43-41-39-37-35-33-31-29-26-23-20-17-14-11-8-2/h20,23,29,31,62,65,71-72H,7-19,21-22,24-28,30,32-61,63-64,66-70H2,1-6H3,(H-,75,77,79,80)/b23-20-,31-29-,65-62+. The Labute approximate surface area is 523 Å². The van der Waals surface area contributed by atoms with Crippen LogP contribution >= 0.6 is 7.82 Å². The molecule has 0 heterocycles. The first-order valence-electron chi connectivity index (χ1n) is 36.8. The van der Waals surface area contributed by atoms with Crippen LogP contribution in [0.25, 0.3) is 0 Å². The molecule has 0 aliphatic heterocycles. The molecule has 3 atom stereocenters. The van der Waals surface area contributed by atoms with Crippen molar-refractivity contribution in [1.29, 1.82) is 0 Å². The lowest BCUT2D eigenvalue weighted by atomic mass is 10.0. The number of likely N-dealkylation sites (N-methyl/N-ethyl adjacent to an activating group) is 1. The van der Waals surface area contributed by atoms with Gasteiger partial charge in [-0.25, -0.2) is 0 Å². The summed E-state index contributed by atoms with van der Waals surface area (Å²) in [6.07, 6.45) is 79.9. The highest BCUT2D eigenvalue weighted by Crippen LogP contribution is 2.38. The molecule has 9 nitrogen and oxygen atoms in total. The van der Waals surface area contributed by atoms with E-state index in [0.29, 0.717) is 17.4 Å². The molecule has 0 spiro atoms. The highest BCUT2D eigenvalue weighted by Gasteiger charge is 2.27. The maximum absolute atomic E-state index is 13.6. The number of esters is 1. The minimum Gasteiger partial charge on any atom is -0.756 e. The monoisotopic (exact) mass is 1200 g/mol. The summed E-state index contributed by atoms with van der Waals surface area (Å²) in [6, 6.07) is -0.885. The molecule has 0 rings (SSSR count). The summed E-state index contributed by atoms with van der Waals surface area (Å²) in [5.41, 5.74) is 0. The number of rotatable bonds is 68. The number of ether oxygens (including phenoxy) is 1. The summed E-state index contributed by atoms with van der Waals surface area (Å²) < 4.78 is 30.5.